The van der Waals surface area contributed by atoms with Crippen molar-refractivity contribution in [1.29, 1.82) is 0 Å². The average Bonchev–Trinajstić information content (AvgIpc) is 3.45. The van der Waals surface area contributed by atoms with Crippen molar-refractivity contribution in [3.63, 3.8) is 0 Å². The van der Waals surface area contributed by atoms with Crippen molar-refractivity contribution in [2.75, 3.05) is 24.5 Å². The summed E-state index contributed by atoms with van der Waals surface area (Å²) in [4.78, 5) is 22.4. The Bertz CT molecular complexity index is 1070. The topological polar surface area (TPSA) is 67.4 Å². The fourth-order valence-electron chi connectivity index (χ4n) is 5.00. The normalized spacial score (nSPS) is 20.2. The fourth-order valence-corrected chi connectivity index (χ4v) is 5.00. The van der Waals surface area contributed by atoms with Gasteiger partial charge in [-0.1, -0.05) is 12.1 Å². The molecule has 150 valence electrons. The van der Waals surface area contributed by atoms with Crippen molar-refractivity contribution in [2.45, 2.75) is 39.2 Å². The van der Waals surface area contributed by atoms with E-state index in [0.29, 0.717) is 30.1 Å². The van der Waals surface area contributed by atoms with E-state index in [1.54, 1.807) is 6.92 Å². The first-order chi connectivity index (χ1) is 14.1. The van der Waals surface area contributed by atoms with Gasteiger partial charge >= 0.3 is 0 Å². The summed E-state index contributed by atoms with van der Waals surface area (Å²) in [6.07, 6.45) is 5.81. The van der Waals surface area contributed by atoms with Crippen LogP contribution in [-0.4, -0.2) is 45.1 Å². The van der Waals surface area contributed by atoms with Crippen molar-refractivity contribution in [2.24, 2.45) is 0 Å². The van der Waals surface area contributed by atoms with Crippen LogP contribution in [-0.2, 0) is 5.54 Å². The number of nitrogens with zero attached hydrogens (tertiary/aromatic N) is 5. The largest absolute Gasteiger partial charge is 0.361 e. The van der Waals surface area contributed by atoms with E-state index in [4.69, 9.17) is 4.52 Å². The number of carbonyl (C=O) groups excluding carboxylic acids is 1. The number of fused-ring (bicyclic) bond motifs is 4. The molecule has 5 heterocycles. The summed E-state index contributed by atoms with van der Waals surface area (Å²) in [5, 5.41) is 3.97. The quantitative estimate of drug-likeness (QED) is 0.684. The van der Waals surface area contributed by atoms with Crippen LogP contribution in [0.3, 0.4) is 0 Å². The molecule has 1 spiro atoms. The molecule has 1 saturated heterocycles. The minimum atomic E-state index is -0.260. The Kier molecular flexibility index (Phi) is 4.01. The second-order valence-electron chi connectivity index (χ2n) is 7.97. The zero-order valence-electron chi connectivity index (χ0n) is 17.1. The van der Waals surface area contributed by atoms with Crippen molar-refractivity contribution in [3.8, 4) is 5.82 Å². The van der Waals surface area contributed by atoms with Crippen LogP contribution >= 0.6 is 0 Å². The smallest absolute Gasteiger partial charge is 0.259 e. The number of hydrogen-bond donors (Lipinski definition) is 0. The lowest BCUT2D eigenvalue weighted by atomic mass is 9.88. The first kappa shape index (κ1) is 18.0. The molecule has 3 aromatic rings. The lowest BCUT2D eigenvalue weighted by Gasteiger charge is -2.47. The minimum absolute atomic E-state index is 0.00432. The number of carbonyl (C=O) groups is 1. The van der Waals surface area contributed by atoms with Crippen LogP contribution in [0, 0.1) is 13.8 Å². The van der Waals surface area contributed by atoms with Gasteiger partial charge in [-0.15, -0.1) is 0 Å². The van der Waals surface area contributed by atoms with Gasteiger partial charge in [-0.05, 0) is 51.0 Å². The lowest BCUT2D eigenvalue weighted by molar-refractivity contribution is 0.0779. The van der Waals surface area contributed by atoms with Gasteiger partial charge in [-0.25, -0.2) is 4.98 Å². The Labute approximate surface area is 169 Å². The second-order valence-corrected chi connectivity index (χ2v) is 7.97. The predicted octanol–water partition coefficient (Wildman–Crippen LogP) is 3.45. The number of pyridine rings is 1. The summed E-state index contributed by atoms with van der Waals surface area (Å²) in [5.74, 6) is 1.55. The van der Waals surface area contributed by atoms with E-state index in [-0.39, 0.29) is 11.4 Å². The zero-order valence-corrected chi connectivity index (χ0v) is 17.1. The Morgan fingerprint density at radius 1 is 1.28 bits per heavy atom. The lowest BCUT2D eigenvalue weighted by Crippen LogP contribution is -2.53. The van der Waals surface area contributed by atoms with Crippen molar-refractivity contribution >= 4 is 11.6 Å². The molecule has 0 unspecified atom stereocenters. The van der Waals surface area contributed by atoms with Crippen LogP contribution in [0.2, 0.25) is 0 Å². The standard InChI is InChI=1S/C22H25N5O2/c1-4-11-27-17-7-5-10-23-20(17)26-12-6-8-18(26)22(27)9-13-25(14-22)21(28)19-15(2)24-29-16(19)3/h5-8,10,12H,4,9,11,13-14H2,1-3H3/t22-/m1/s1. The number of rotatable bonds is 3. The summed E-state index contributed by atoms with van der Waals surface area (Å²) in [6, 6.07) is 8.38. The SMILES string of the molecule is CCCN1c2cccnc2-n2cccc2[C@]12CCN(C(=O)c1c(C)noc1C)C2. The third-order valence-corrected chi connectivity index (χ3v) is 6.26. The molecule has 3 aromatic heterocycles. The zero-order chi connectivity index (χ0) is 20.2. The van der Waals surface area contributed by atoms with Gasteiger partial charge in [-0.3, -0.25) is 4.79 Å². The highest BCUT2D eigenvalue weighted by atomic mass is 16.5. The van der Waals surface area contributed by atoms with Gasteiger partial charge in [0.2, 0.25) is 0 Å². The highest BCUT2D eigenvalue weighted by molar-refractivity contribution is 5.96. The molecule has 0 N–H and O–H groups in total. The van der Waals surface area contributed by atoms with Gasteiger partial charge in [0.1, 0.15) is 16.9 Å². The van der Waals surface area contributed by atoms with E-state index in [0.717, 1.165) is 30.9 Å². The molecule has 7 nitrogen and oxygen atoms in total. The molecule has 7 heteroatoms. The molecule has 0 bridgehead atoms. The van der Waals surface area contributed by atoms with Crippen molar-refractivity contribution < 1.29 is 9.32 Å². The minimum Gasteiger partial charge on any atom is -0.361 e. The average molecular weight is 391 g/mol. The molecular weight excluding hydrogens is 366 g/mol. The molecule has 0 saturated carbocycles. The monoisotopic (exact) mass is 391 g/mol. The Balaban J connectivity index is 1.59. The van der Waals surface area contributed by atoms with E-state index in [9.17, 15) is 4.79 Å². The van der Waals surface area contributed by atoms with Gasteiger partial charge in [0.05, 0.1) is 17.1 Å². The molecule has 1 atom stereocenters. The maximum Gasteiger partial charge on any atom is 0.259 e. The molecule has 2 aliphatic heterocycles. The van der Waals surface area contributed by atoms with Gasteiger partial charge in [0, 0.05) is 32.0 Å². The molecule has 1 fully saturated rings. The third kappa shape index (κ3) is 2.46. The number of anilines is 1. The summed E-state index contributed by atoms with van der Waals surface area (Å²) >= 11 is 0. The van der Waals surface area contributed by atoms with Crippen LogP contribution in [0.5, 0.6) is 0 Å². The molecule has 29 heavy (non-hydrogen) atoms. The molecule has 5 rings (SSSR count). The van der Waals surface area contributed by atoms with Crippen molar-refractivity contribution in [1.82, 2.24) is 19.6 Å². The van der Waals surface area contributed by atoms with E-state index < -0.39 is 0 Å². The van der Waals surface area contributed by atoms with E-state index in [2.05, 4.69) is 50.9 Å². The number of amides is 1. The maximum absolute atomic E-state index is 13.3. The number of likely N-dealkylation sites (tertiary alicyclic amines) is 1. The molecule has 0 aliphatic carbocycles. The number of hydrogen-bond acceptors (Lipinski definition) is 5. The Hall–Kier alpha value is -3.09. The highest BCUT2D eigenvalue weighted by Crippen LogP contribution is 2.47. The Morgan fingerprint density at radius 3 is 2.90 bits per heavy atom. The van der Waals surface area contributed by atoms with Crippen LogP contribution in [0.25, 0.3) is 5.82 Å². The van der Waals surface area contributed by atoms with Crippen molar-refractivity contribution in [3.05, 3.63) is 59.4 Å². The molecular formula is C22H25N5O2. The van der Waals surface area contributed by atoms with E-state index >= 15 is 0 Å². The van der Waals surface area contributed by atoms with Gasteiger partial charge in [0.25, 0.3) is 5.91 Å². The van der Waals surface area contributed by atoms with E-state index in [1.165, 1.54) is 5.69 Å². The summed E-state index contributed by atoms with van der Waals surface area (Å²) < 4.78 is 7.43. The maximum atomic E-state index is 13.3. The third-order valence-electron chi connectivity index (χ3n) is 6.26. The molecule has 0 aromatic carbocycles. The first-order valence-corrected chi connectivity index (χ1v) is 10.2. The second kappa shape index (κ2) is 6.47. The van der Waals surface area contributed by atoms with E-state index in [1.807, 2.05) is 24.1 Å². The Morgan fingerprint density at radius 2 is 2.14 bits per heavy atom. The molecule has 2 aliphatic rings. The van der Waals surface area contributed by atoms with Gasteiger partial charge < -0.3 is 18.9 Å². The highest BCUT2D eigenvalue weighted by Gasteiger charge is 2.50. The number of aromatic nitrogens is 3. The summed E-state index contributed by atoms with van der Waals surface area (Å²) in [7, 11) is 0. The van der Waals surface area contributed by atoms with Crippen LogP contribution < -0.4 is 4.90 Å². The predicted molar refractivity (Wildman–Crippen MR) is 109 cm³/mol. The van der Waals surface area contributed by atoms with Gasteiger partial charge in [-0.2, -0.15) is 0 Å². The van der Waals surface area contributed by atoms with Gasteiger partial charge in [0.15, 0.2) is 5.82 Å². The fraction of sp³-hybridized carbons (Fsp3) is 0.409. The van der Waals surface area contributed by atoms with Crippen LogP contribution in [0.15, 0.2) is 41.2 Å². The summed E-state index contributed by atoms with van der Waals surface area (Å²) in [6.45, 7) is 8.07. The van der Waals surface area contributed by atoms with Crippen LogP contribution in [0.4, 0.5) is 5.69 Å². The molecule has 0 radical (unpaired) electrons. The summed E-state index contributed by atoms with van der Waals surface area (Å²) in [5.41, 5.74) is 3.32. The van der Waals surface area contributed by atoms with Crippen LogP contribution in [0.1, 0.15) is 47.3 Å². The number of aryl methyl sites for hydroxylation is 2. The molecule has 1 amide bonds. The first-order valence-electron chi connectivity index (χ1n) is 10.2.